The topological polar surface area (TPSA) is 72.9 Å². The predicted octanol–water partition coefficient (Wildman–Crippen LogP) is 2.66. The lowest BCUT2D eigenvalue weighted by molar-refractivity contribution is -0.152. The lowest BCUT2D eigenvalue weighted by Crippen LogP contribution is -2.54. The number of carbonyl (C=O) groups is 3. The van der Waals surface area contributed by atoms with Crippen LogP contribution in [0.4, 0.5) is 5.69 Å². The van der Waals surface area contributed by atoms with E-state index in [1.807, 2.05) is 36.1 Å². The fourth-order valence-corrected chi connectivity index (χ4v) is 4.15. The second-order valence-corrected chi connectivity index (χ2v) is 6.80. The van der Waals surface area contributed by atoms with Gasteiger partial charge in [0.1, 0.15) is 11.9 Å². The predicted molar refractivity (Wildman–Crippen MR) is 95.9 cm³/mol. The molecule has 0 unspecified atom stereocenters. The number of methoxy groups -OCH3 is 1. The van der Waals surface area contributed by atoms with Crippen LogP contribution in [0.25, 0.3) is 0 Å². The summed E-state index contributed by atoms with van der Waals surface area (Å²) >= 11 is 0. The second-order valence-electron chi connectivity index (χ2n) is 6.80. The monoisotopic (exact) mass is 357 g/mol. The molecule has 2 aliphatic rings. The molecule has 0 aromatic heterocycles. The van der Waals surface area contributed by atoms with Crippen LogP contribution in [-0.4, -0.2) is 36.8 Å². The highest BCUT2D eigenvalue weighted by Gasteiger charge is 2.48. The molecule has 6 nitrogen and oxygen atoms in total. The number of hydrogen-bond donors (Lipinski definition) is 0. The largest absolute Gasteiger partial charge is 0.497 e. The van der Waals surface area contributed by atoms with Crippen LogP contribution in [0.1, 0.15) is 33.6 Å². The zero-order chi connectivity index (χ0) is 19.0. The minimum Gasteiger partial charge on any atom is -0.497 e. The fourth-order valence-electron chi connectivity index (χ4n) is 4.15. The molecule has 1 saturated carbocycles. The maximum absolute atomic E-state index is 12.8. The number of hydrogen-bond acceptors (Lipinski definition) is 6. The molecule has 0 spiro atoms. The number of allylic oxidation sites excluding steroid dienone is 1. The van der Waals surface area contributed by atoms with E-state index in [0.29, 0.717) is 12.0 Å². The Morgan fingerprint density at radius 3 is 2.35 bits per heavy atom. The van der Waals surface area contributed by atoms with E-state index in [0.717, 1.165) is 17.1 Å². The van der Waals surface area contributed by atoms with Crippen molar-refractivity contribution in [2.24, 2.45) is 5.92 Å². The molecule has 3 atom stereocenters. The van der Waals surface area contributed by atoms with Gasteiger partial charge in [0.05, 0.1) is 13.2 Å². The summed E-state index contributed by atoms with van der Waals surface area (Å²) in [4.78, 5) is 38.5. The molecule has 0 saturated heterocycles. The average Bonchev–Trinajstić information content (AvgIpc) is 2.58. The minimum atomic E-state index is -0.567. The highest BCUT2D eigenvalue weighted by atomic mass is 16.5. The summed E-state index contributed by atoms with van der Waals surface area (Å²) in [5.41, 5.74) is 2.22. The van der Waals surface area contributed by atoms with Crippen molar-refractivity contribution in [2.45, 2.75) is 45.8 Å². The summed E-state index contributed by atoms with van der Waals surface area (Å²) < 4.78 is 10.6. The molecule has 3 rings (SSSR count). The van der Waals surface area contributed by atoms with Gasteiger partial charge >= 0.3 is 5.97 Å². The number of nitrogens with zero attached hydrogens (tertiary/aromatic N) is 1. The summed E-state index contributed by atoms with van der Waals surface area (Å²) in [5, 5.41) is 0. The first-order valence-electron chi connectivity index (χ1n) is 8.68. The number of esters is 1. The molecule has 1 aromatic rings. The van der Waals surface area contributed by atoms with Gasteiger partial charge in [0.15, 0.2) is 11.6 Å². The Labute approximate surface area is 152 Å². The van der Waals surface area contributed by atoms with Crippen LogP contribution in [0.5, 0.6) is 5.75 Å². The minimum absolute atomic E-state index is 0.0188. The first kappa shape index (κ1) is 18.2. The van der Waals surface area contributed by atoms with E-state index >= 15 is 0 Å². The molecule has 0 amide bonds. The third kappa shape index (κ3) is 3.11. The Kier molecular flexibility index (Phi) is 4.85. The van der Waals surface area contributed by atoms with Crippen LogP contribution in [0, 0.1) is 5.92 Å². The van der Waals surface area contributed by atoms with Crippen LogP contribution in [0.15, 0.2) is 35.5 Å². The molecule has 2 bridgehead atoms. The fraction of sp³-hybridized carbons (Fsp3) is 0.450. The Bertz CT molecular complexity index is 780. The van der Waals surface area contributed by atoms with E-state index in [1.54, 1.807) is 7.11 Å². The maximum atomic E-state index is 12.8. The highest BCUT2D eigenvalue weighted by Crippen LogP contribution is 2.43. The summed E-state index contributed by atoms with van der Waals surface area (Å²) in [5.74, 6) is 0.0103. The van der Waals surface area contributed by atoms with E-state index in [1.165, 1.54) is 13.8 Å². The maximum Gasteiger partial charge on any atom is 0.302 e. The summed E-state index contributed by atoms with van der Waals surface area (Å²) in [6.45, 7) is 4.70. The van der Waals surface area contributed by atoms with Crippen LogP contribution >= 0.6 is 0 Å². The number of ether oxygens (including phenoxy) is 2. The van der Waals surface area contributed by atoms with Crippen molar-refractivity contribution in [3.8, 4) is 5.75 Å². The molecular formula is C20H23NO5. The number of carbonyl (C=O) groups excluding carboxylic acids is 3. The molecule has 1 aliphatic carbocycles. The molecule has 26 heavy (non-hydrogen) atoms. The van der Waals surface area contributed by atoms with Gasteiger partial charge < -0.3 is 14.4 Å². The summed E-state index contributed by atoms with van der Waals surface area (Å²) in [6, 6.07) is 7.06. The third-order valence-corrected chi connectivity index (χ3v) is 5.18. The zero-order valence-electron chi connectivity index (χ0n) is 15.4. The van der Waals surface area contributed by atoms with Gasteiger partial charge in [-0.25, -0.2) is 0 Å². The quantitative estimate of drug-likeness (QED) is 0.772. The molecule has 1 aliphatic heterocycles. The zero-order valence-corrected chi connectivity index (χ0v) is 15.4. The van der Waals surface area contributed by atoms with Crippen molar-refractivity contribution in [1.29, 1.82) is 0 Å². The van der Waals surface area contributed by atoms with Crippen molar-refractivity contribution < 1.29 is 23.9 Å². The first-order chi connectivity index (χ1) is 12.3. The van der Waals surface area contributed by atoms with E-state index in [4.69, 9.17) is 9.47 Å². The van der Waals surface area contributed by atoms with Crippen molar-refractivity contribution in [2.75, 3.05) is 12.0 Å². The molecule has 138 valence electrons. The van der Waals surface area contributed by atoms with Crippen LogP contribution in [0.2, 0.25) is 0 Å². The van der Waals surface area contributed by atoms with Gasteiger partial charge in [-0.3, -0.25) is 14.4 Å². The van der Waals surface area contributed by atoms with Crippen LogP contribution < -0.4 is 9.64 Å². The van der Waals surface area contributed by atoms with Gasteiger partial charge in [0.25, 0.3) is 0 Å². The van der Waals surface area contributed by atoms with E-state index < -0.39 is 12.1 Å². The summed E-state index contributed by atoms with van der Waals surface area (Å²) in [7, 11) is 1.60. The standard InChI is InChI=1S/C20H23NO5/c1-11-20(12(2)22)16-9-17(18(24)10-19(16)26-13(3)23)21(11)14-5-7-15(25-4)8-6-14/h5-8,16-17,19H,9-10H2,1-4H3/t16-,17+,19+/m0/s1. The van der Waals surface area contributed by atoms with Gasteiger partial charge in [-0.15, -0.1) is 0 Å². The van der Waals surface area contributed by atoms with Gasteiger partial charge in [-0.2, -0.15) is 0 Å². The van der Waals surface area contributed by atoms with E-state index in [9.17, 15) is 14.4 Å². The van der Waals surface area contributed by atoms with Gasteiger partial charge in [-0.05, 0) is 44.5 Å². The molecule has 1 aromatic carbocycles. The number of ketones is 2. The molecule has 1 fully saturated rings. The summed E-state index contributed by atoms with van der Waals surface area (Å²) in [6.07, 6.45) is 0.0313. The number of Topliss-reactive ketones (excluding diaryl/α,β-unsaturated/α-hetero) is 2. The second kappa shape index (κ2) is 6.94. The third-order valence-electron chi connectivity index (χ3n) is 5.18. The Morgan fingerprint density at radius 2 is 1.81 bits per heavy atom. The SMILES string of the molecule is COc1ccc(N2C(C)=C(C(C)=O)[C@H]3C[C@@H]2C(=O)C[C@H]3OC(C)=O)cc1. The Morgan fingerprint density at radius 1 is 1.15 bits per heavy atom. The number of rotatable bonds is 4. The van der Waals surface area contributed by atoms with Crippen molar-refractivity contribution in [1.82, 2.24) is 0 Å². The molecule has 0 N–H and O–H groups in total. The van der Waals surface area contributed by atoms with Gasteiger partial charge in [0.2, 0.25) is 0 Å². The Balaban J connectivity index is 2.07. The van der Waals surface area contributed by atoms with Crippen LogP contribution in [0.3, 0.4) is 0 Å². The van der Waals surface area contributed by atoms with Gasteiger partial charge in [-0.1, -0.05) is 0 Å². The normalized spacial score (nSPS) is 25.2. The molecule has 6 heteroatoms. The number of anilines is 1. The average molecular weight is 357 g/mol. The number of fused-ring (bicyclic) bond motifs is 2. The van der Waals surface area contributed by atoms with Crippen molar-refractivity contribution >= 4 is 23.2 Å². The van der Waals surface area contributed by atoms with Crippen molar-refractivity contribution in [3.05, 3.63) is 35.5 Å². The Hall–Kier alpha value is -2.63. The van der Waals surface area contributed by atoms with E-state index in [2.05, 4.69) is 0 Å². The smallest absolute Gasteiger partial charge is 0.302 e. The molecular weight excluding hydrogens is 334 g/mol. The van der Waals surface area contributed by atoms with E-state index in [-0.39, 0.29) is 29.9 Å². The highest BCUT2D eigenvalue weighted by molar-refractivity contribution is 5.99. The lowest BCUT2D eigenvalue weighted by Gasteiger charge is -2.47. The lowest BCUT2D eigenvalue weighted by atomic mass is 9.72. The van der Waals surface area contributed by atoms with Gasteiger partial charge in [0, 0.05) is 36.2 Å². The van der Waals surface area contributed by atoms with Crippen molar-refractivity contribution in [3.63, 3.8) is 0 Å². The molecule has 0 radical (unpaired) electrons. The molecule has 1 heterocycles. The first-order valence-corrected chi connectivity index (χ1v) is 8.68. The van der Waals surface area contributed by atoms with Crippen LogP contribution in [-0.2, 0) is 19.1 Å². The number of benzene rings is 1.